The van der Waals surface area contributed by atoms with E-state index in [0.717, 1.165) is 0 Å². The molecule has 1 atom stereocenters. The molecule has 0 aliphatic carbocycles. The number of rotatable bonds is 5. The number of hydrogen-bond donors (Lipinski definition) is 2. The Kier molecular flexibility index (Phi) is 4.31. The van der Waals surface area contributed by atoms with Gasteiger partial charge in [-0.15, -0.1) is 0 Å². The molecule has 4 nitrogen and oxygen atoms in total. The van der Waals surface area contributed by atoms with Gasteiger partial charge in [-0.05, 0) is 31.6 Å². The third-order valence-corrected chi connectivity index (χ3v) is 2.50. The Balaban J connectivity index is 2.53. The van der Waals surface area contributed by atoms with Gasteiger partial charge in [0.15, 0.2) is 0 Å². The van der Waals surface area contributed by atoms with E-state index in [9.17, 15) is 4.79 Å². The molecule has 1 aromatic rings. The molecular weight excluding hydrogens is 206 g/mol. The Bertz CT molecular complexity index is 350. The number of aliphatic hydroxyl groups is 1. The zero-order chi connectivity index (χ0) is 12.0. The summed E-state index contributed by atoms with van der Waals surface area (Å²) in [5.41, 5.74) is -0.565. The number of nitrogens with one attached hydrogen (secondary N) is 1. The van der Waals surface area contributed by atoms with Crippen LogP contribution in [0.3, 0.4) is 0 Å². The first kappa shape index (κ1) is 12.5. The summed E-state index contributed by atoms with van der Waals surface area (Å²) < 4.78 is 5.05. The first-order valence-corrected chi connectivity index (χ1v) is 5.24. The maximum Gasteiger partial charge on any atom is 0.244 e. The van der Waals surface area contributed by atoms with Crippen molar-refractivity contribution >= 4 is 12.0 Å². The fourth-order valence-corrected chi connectivity index (χ4v) is 1.12. The van der Waals surface area contributed by atoms with Crippen LogP contribution in [0.15, 0.2) is 28.9 Å². The maximum atomic E-state index is 11.5. The second-order valence-electron chi connectivity index (χ2n) is 3.91. The molecule has 0 saturated carbocycles. The van der Waals surface area contributed by atoms with Crippen molar-refractivity contribution in [3.8, 4) is 0 Å². The van der Waals surface area contributed by atoms with Gasteiger partial charge in [0.1, 0.15) is 5.76 Å². The third kappa shape index (κ3) is 3.55. The van der Waals surface area contributed by atoms with Gasteiger partial charge in [0.25, 0.3) is 0 Å². The second kappa shape index (κ2) is 5.51. The topological polar surface area (TPSA) is 62.5 Å². The van der Waals surface area contributed by atoms with Gasteiger partial charge in [0, 0.05) is 6.08 Å². The van der Waals surface area contributed by atoms with E-state index in [1.807, 2.05) is 6.92 Å². The zero-order valence-electron chi connectivity index (χ0n) is 9.56. The minimum absolute atomic E-state index is 0.0795. The molecule has 0 aromatic carbocycles. The standard InChI is InChI=1S/C12H17NO3/c1-3-12(2,9-14)13-11(15)7-6-10-5-4-8-16-10/h4-8,14H,3,9H2,1-2H3,(H,13,15). The van der Waals surface area contributed by atoms with Crippen molar-refractivity contribution in [1.82, 2.24) is 5.32 Å². The lowest BCUT2D eigenvalue weighted by Gasteiger charge is -2.26. The van der Waals surface area contributed by atoms with Crippen molar-refractivity contribution < 1.29 is 14.3 Å². The monoisotopic (exact) mass is 223 g/mol. The summed E-state index contributed by atoms with van der Waals surface area (Å²) in [5, 5.41) is 11.9. The van der Waals surface area contributed by atoms with Gasteiger partial charge in [-0.25, -0.2) is 0 Å². The Hall–Kier alpha value is -1.55. The molecule has 0 radical (unpaired) electrons. The number of hydrogen-bond acceptors (Lipinski definition) is 3. The van der Waals surface area contributed by atoms with Gasteiger partial charge in [-0.1, -0.05) is 6.92 Å². The Morgan fingerprint density at radius 2 is 2.44 bits per heavy atom. The molecule has 1 aromatic heterocycles. The van der Waals surface area contributed by atoms with Gasteiger partial charge >= 0.3 is 0 Å². The van der Waals surface area contributed by atoms with Crippen LogP contribution in [0.5, 0.6) is 0 Å². The fraction of sp³-hybridized carbons (Fsp3) is 0.417. The summed E-state index contributed by atoms with van der Waals surface area (Å²) in [6, 6.07) is 3.51. The summed E-state index contributed by atoms with van der Waals surface area (Å²) in [4.78, 5) is 11.5. The fourth-order valence-electron chi connectivity index (χ4n) is 1.12. The van der Waals surface area contributed by atoms with Crippen molar-refractivity contribution in [2.45, 2.75) is 25.8 Å². The lowest BCUT2D eigenvalue weighted by molar-refractivity contribution is -0.118. The van der Waals surface area contributed by atoms with Crippen LogP contribution in [0.4, 0.5) is 0 Å². The smallest absolute Gasteiger partial charge is 0.244 e. The third-order valence-electron chi connectivity index (χ3n) is 2.50. The SMILES string of the molecule is CCC(C)(CO)NC(=O)C=Cc1ccco1. The molecule has 2 N–H and O–H groups in total. The average molecular weight is 223 g/mol. The Morgan fingerprint density at radius 3 is 2.94 bits per heavy atom. The summed E-state index contributed by atoms with van der Waals surface area (Å²) in [5.74, 6) is 0.382. The second-order valence-corrected chi connectivity index (χ2v) is 3.91. The quantitative estimate of drug-likeness (QED) is 0.745. The normalized spacial score (nSPS) is 14.9. The van der Waals surface area contributed by atoms with Gasteiger partial charge in [-0.2, -0.15) is 0 Å². The first-order valence-electron chi connectivity index (χ1n) is 5.24. The van der Waals surface area contributed by atoms with Crippen LogP contribution >= 0.6 is 0 Å². The molecule has 0 saturated heterocycles. The van der Waals surface area contributed by atoms with Crippen LogP contribution in [-0.2, 0) is 4.79 Å². The van der Waals surface area contributed by atoms with Gasteiger partial charge in [-0.3, -0.25) is 4.79 Å². The molecule has 0 bridgehead atoms. The first-order chi connectivity index (χ1) is 7.59. The number of amides is 1. The van der Waals surface area contributed by atoms with Gasteiger partial charge in [0.05, 0.1) is 18.4 Å². The van der Waals surface area contributed by atoms with Crippen LogP contribution in [-0.4, -0.2) is 23.2 Å². The molecule has 1 unspecified atom stereocenters. The van der Waals surface area contributed by atoms with Crippen molar-refractivity contribution in [3.63, 3.8) is 0 Å². The molecule has 1 heterocycles. The minimum atomic E-state index is -0.565. The maximum absolute atomic E-state index is 11.5. The van der Waals surface area contributed by atoms with Crippen molar-refractivity contribution in [1.29, 1.82) is 0 Å². The van der Waals surface area contributed by atoms with Crippen molar-refractivity contribution in [2.75, 3.05) is 6.61 Å². The molecule has 0 aliphatic rings. The van der Waals surface area contributed by atoms with E-state index in [1.165, 1.54) is 6.08 Å². The summed E-state index contributed by atoms with van der Waals surface area (Å²) in [6.45, 7) is 3.63. The lowest BCUT2D eigenvalue weighted by atomic mass is 10.0. The van der Waals surface area contributed by atoms with Crippen LogP contribution in [0, 0.1) is 0 Å². The van der Waals surface area contributed by atoms with E-state index in [2.05, 4.69) is 5.32 Å². The van der Waals surface area contributed by atoms with Gasteiger partial charge < -0.3 is 14.8 Å². The molecule has 1 rings (SSSR count). The zero-order valence-corrected chi connectivity index (χ0v) is 9.56. The number of carbonyl (C=O) groups is 1. The van der Waals surface area contributed by atoms with Crippen LogP contribution in [0.2, 0.25) is 0 Å². The Labute approximate surface area is 95.0 Å². The number of aliphatic hydroxyl groups excluding tert-OH is 1. The molecule has 4 heteroatoms. The van der Waals surface area contributed by atoms with E-state index < -0.39 is 5.54 Å². The number of furan rings is 1. The van der Waals surface area contributed by atoms with Crippen molar-refractivity contribution in [2.24, 2.45) is 0 Å². The van der Waals surface area contributed by atoms with E-state index in [1.54, 1.807) is 31.4 Å². The molecule has 88 valence electrons. The summed E-state index contributed by atoms with van der Waals surface area (Å²) >= 11 is 0. The van der Waals surface area contributed by atoms with E-state index >= 15 is 0 Å². The molecule has 0 spiro atoms. The molecule has 0 aliphatic heterocycles. The van der Waals surface area contributed by atoms with E-state index in [0.29, 0.717) is 12.2 Å². The highest BCUT2D eigenvalue weighted by Gasteiger charge is 2.21. The van der Waals surface area contributed by atoms with E-state index in [4.69, 9.17) is 9.52 Å². The van der Waals surface area contributed by atoms with Crippen LogP contribution in [0.1, 0.15) is 26.0 Å². The molecule has 1 amide bonds. The lowest BCUT2D eigenvalue weighted by Crippen LogP contribution is -2.47. The number of carbonyl (C=O) groups excluding carboxylic acids is 1. The highest BCUT2D eigenvalue weighted by atomic mass is 16.3. The average Bonchev–Trinajstić information content (AvgIpc) is 2.79. The van der Waals surface area contributed by atoms with Crippen LogP contribution in [0.25, 0.3) is 6.08 Å². The predicted octanol–water partition coefficient (Wildman–Crippen LogP) is 1.57. The summed E-state index contributed by atoms with van der Waals surface area (Å²) in [6.07, 6.45) is 5.19. The van der Waals surface area contributed by atoms with E-state index in [-0.39, 0.29) is 12.5 Å². The minimum Gasteiger partial charge on any atom is -0.465 e. The Morgan fingerprint density at radius 1 is 1.69 bits per heavy atom. The van der Waals surface area contributed by atoms with Crippen LogP contribution < -0.4 is 5.32 Å². The largest absolute Gasteiger partial charge is 0.465 e. The predicted molar refractivity (Wildman–Crippen MR) is 61.7 cm³/mol. The molecule has 16 heavy (non-hydrogen) atoms. The summed E-state index contributed by atoms with van der Waals surface area (Å²) in [7, 11) is 0. The molecule has 0 fully saturated rings. The highest BCUT2D eigenvalue weighted by molar-refractivity contribution is 5.91. The van der Waals surface area contributed by atoms with Crippen molar-refractivity contribution in [3.05, 3.63) is 30.2 Å². The van der Waals surface area contributed by atoms with Gasteiger partial charge in [0.2, 0.25) is 5.91 Å². The molecular formula is C12H17NO3. The highest BCUT2D eigenvalue weighted by Crippen LogP contribution is 2.08.